The van der Waals surface area contributed by atoms with Gasteiger partial charge in [0.1, 0.15) is 19.3 Å². The number of para-hydroxylation sites is 1. The van der Waals surface area contributed by atoms with Crippen LogP contribution in [0.1, 0.15) is 13.3 Å². The SMILES string of the molecule is C[C@H](C(=O)NCCCN(C)c1ccccc1)N(c1ccc2c(c1)OCCO2)S(C)(=O)=O. The Morgan fingerprint density at radius 1 is 1.06 bits per heavy atom. The summed E-state index contributed by atoms with van der Waals surface area (Å²) in [5, 5.41) is 2.85. The topological polar surface area (TPSA) is 88.2 Å². The second-order valence-corrected chi connectivity index (χ2v) is 9.32. The lowest BCUT2D eigenvalue weighted by atomic mass is 10.2. The zero-order chi connectivity index (χ0) is 22.4. The Balaban J connectivity index is 1.61. The molecular formula is C22H29N3O5S. The van der Waals surface area contributed by atoms with Crippen LogP contribution >= 0.6 is 0 Å². The van der Waals surface area contributed by atoms with Crippen LogP contribution in [0.3, 0.4) is 0 Å². The van der Waals surface area contributed by atoms with Crippen molar-refractivity contribution in [2.24, 2.45) is 0 Å². The van der Waals surface area contributed by atoms with E-state index >= 15 is 0 Å². The van der Waals surface area contributed by atoms with Crippen LogP contribution in [-0.2, 0) is 14.8 Å². The third-order valence-corrected chi connectivity index (χ3v) is 6.28. The Labute approximate surface area is 183 Å². The second kappa shape index (κ2) is 9.91. The van der Waals surface area contributed by atoms with E-state index < -0.39 is 16.1 Å². The monoisotopic (exact) mass is 447 g/mol. The summed E-state index contributed by atoms with van der Waals surface area (Å²) < 4.78 is 37.1. The number of hydrogen-bond acceptors (Lipinski definition) is 6. The van der Waals surface area contributed by atoms with Crippen LogP contribution in [0.4, 0.5) is 11.4 Å². The van der Waals surface area contributed by atoms with Gasteiger partial charge in [-0.2, -0.15) is 0 Å². The number of carbonyl (C=O) groups is 1. The van der Waals surface area contributed by atoms with Crippen molar-refractivity contribution in [1.82, 2.24) is 5.32 Å². The van der Waals surface area contributed by atoms with Gasteiger partial charge in [-0.3, -0.25) is 9.10 Å². The molecule has 0 aromatic heterocycles. The third-order valence-electron chi connectivity index (χ3n) is 5.04. The molecule has 3 rings (SSSR count). The van der Waals surface area contributed by atoms with Crippen LogP contribution < -0.4 is 24.0 Å². The molecule has 9 heteroatoms. The van der Waals surface area contributed by atoms with E-state index in [1.165, 1.54) is 0 Å². The van der Waals surface area contributed by atoms with Crippen LogP contribution in [-0.4, -0.2) is 60.0 Å². The average molecular weight is 448 g/mol. The number of ether oxygens (including phenoxy) is 2. The minimum absolute atomic E-state index is 0.359. The number of anilines is 2. The minimum Gasteiger partial charge on any atom is -0.486 e. The van der Waals surface area contributed by atoms with Crippen molar-refractivity contribution in [3.8, 4) is 11.5 Å². The van der Waals surface area contributed by atoms with Gasteiger partial charge in [-0.15, -0.1) is 0 Å². The predicted octanol–water partition coefficient (Wildman–Crippen LogP) is 2.25. The molecule has 1 amide bonds. The van der Waals surface area contributed by atoms with E-state index in [9.17, 15) is 13.2 Å². The van der Waals surface area contributed by atoms with Crippen molar-refractivity contribution in [1.29, 1.82) is 0 Å². The molecule has 2 aromatic rings. The van der Waals surface area contributed by atoms with Crippen molar-refractivity contribution >= 4 is 27.3 Å². The molecule has 0 spiro atoms. The summed E-state index contributed by atoms with van der Waals surface area (Å²) in [6, 6.07) is 13.9. The van der Waals surface area contributed by atoms with E-state index in [-0.39, 0.29) is 5.91 Å². The van der Waals surface area contributed by atoms with Crippen molar-refractivity contribution in [3.05, 3.63) is 48.5 Å². The number of rotatable bonds is 9. The molecule has 1 aliphatic rings. The number of carbonyl (C=O) groups excluding carboxylic acids is 1. The molecular weight excluding hydrogens is 418 g/mol. The van der Waals surface area contributed by atoms with Crippen LogP contribution in [0, 0.1) is 0 Å². The Hall–Kier alpha value is -2.94. The zero-order valence-corrected chi connectivity index (χ0v) is 18.9. The molecule has 2 aromatic carbocycles. The highest BCUT2D eigenvalue weighted by atomic mass is 32.2. The van der Waals surface area contributed by atoms with E-state index in [0.29, 0.717) is 36.9 Å². The van der Waals surface area contributed by atoms with Gasteiger partial charge in [0.2, 0.25) is 15.9 Å². The summed E-state index contributed by atoms with van der Waals surface area (Å²) in [4.78, 5) is 14.8. The molecule has 1 atom stereocenters. The number of amides is 1. The number of hydrogen-bond donors (Lipinski definition) is 1. The molecule has 0 unspecified atom stereocenters. The molecule has 168 valence electrons. The molecule has 8 nitrogen and oxygen atoms in total. The van der Waals surface area contributed by atoms with Gasteiger partial charge >= 0.3 is 0 Å². The van der Waals surface area contributed by atoms with Crippen molar-refractivity contribution in [2.45, 2.75) is 19.4 Å². The maximum Gasteiger partial charge on any atom is 0.243 e. The maximum atomic E-state index is 12.7. The van der Waals surface area contributed by atoms with Crippen LogP contribution in [0.25, 0.3) is 0 Å². The largest absolute Gasteiger partial charge is 0.486 e. The van der Waals surface area contributed by atoms with Crippen molar-refractivity contribution < 1.29 is 22.7 Å². The minimum atomic E-state index is -3.70. The first-order valence-electron chi connectivity index (χ1n) is 10.2. The van der Waals surface area contributed by atoms with Crippen molar-refractivity contribution in [3.63, 3.8) is 0 Å². The molecule has 0 aliphatic carbocycles. The van der Waals surface area contributed by atoms with Gasteiger partial charge in [0, 0.05) is 31.9 Å². The smallest absolute Gasteiger partial charge is 0.243 e. The van der Waals surface area contributed by atoms with E-state index in [1.807, 2.05) is 37.4 Å². The fourth-order valence-electron chi connectivity index (χ4n) is 3.47. The Morgan fingerprint density at radius 3 is 2.42 bits per heavy atom. The van der Waals surface area contributed by atoms with Gasteiger partial charge in [-0.05, 0) is 37.6 Å². The highest BCUT2D eigenvalue weighted by molar-refractivity contribution is 7.92. The quantitative estimate of drug-likeness (QED) is 0.594. The van der Waals surface area contributed by atoms with Gasteiger partial charge in [0.15, 0.2) is 11.5 Å². The van der Waals surface area contributed by atoms with E-state index in [2.05, 4.69) is 10.2 Å². The number of fused-ring (bicyclic) bond motifs is 1. The van der Waals surface area contributed by atoms with Gasteiger partial charge in [0.25, 0.3) is 0 Å². The molecule has 1 heterocycles. The number of sulfonamides is 1. The zero-order valence-electron chi connectivity index (χ0n) is 18.1. The first kappa shape index (κ1) is 22.7. The first-order chi connectivity index (χ1) is 14.8. The summed E-state index contributed by atoms with van der Waals surface area (Å²) in [7, 11) is -1.71. The number of nitrogens with zero attached hydrogens (tertiary/aromatic N) is 2. The van der Waals surface area contributed by atoms with Crippen LogP contribution in [0.5, 0.6) is 11.5 Å². The molecule has 1 aliphatic heterocycles. The highest BCUT2D eigenvalue weighted by Gasteiger charge is 2.30. The fraction of sp³-hybridized carbons (Fsp3) is 0.409. The lowest BCUT2D eigenvalue weighted by molar-refractivity contribution is -0.121. The number of nitrogens with one attached hydrogen (secondary N) is 1. The summed E-state index contributed by atoms with van der Waals surface area (Å²) in [5.41, 5.74) is 1.46. The summed E-state index contributed by atoms with van der Waals surface area (Å²) in [5.74, 6) is 0.666. The molecule has 0 bridgehead atoms. The second-order valence-electron chi connectivity index (χ2n) is 7.46. The maximum absolute atomic E-state index is 12.7. The molecule has 31 heavy (non-hydrogen) atoms. The molecule has 0 fully saturated rings. The first-order valence-corrected chi connectivity index (χ1v) is 12.0. The van der Waals surface area contributed by atoms with E-state index in [4.69, 9.17) is 9.47 Å². The lowest BCUT2D eigenvalue weighted by Crippen LogP contribution is -2.48. The van der Waals surface area contributed by atoms with Crippen LogP contribution in [0.15, 0.2) is 48.5 Å². The van der Waals surface area contributed by atoms with Gasteiger partial charge in [-0.1, -0.05) is 18.2 Å². The summed E-state index contributed by atoms with van der Waals surface area (Å²) >= 11 is 0. The third kappa shape index (κ3) is 5.81. The van der Waals surface area contributed by atoms with Gasteiger partial charge < -0.3 is 19.7 Å². The Kier molecular flexibility index (Phi) is 7.27. The molecule has 0 saturated heterocycles. The van der Waals surface area contributed by atoms with Crippen molar-refractivity contribution in [2.75, 3.05) is 48.8 Å². The summed E-state index contributed by atoms with van der Waals surface area (Å²) in [6.45, 7) is 3.61. The average Bonchev–Trinajstić information content (AvgIpc) is 2.76. The van der Waals surface area contributed by atoms with E-state index in [0.717, 1.165) is 29.2 Å². The normalized spacial score (nSPS) is 13.9. The fourth-order valence-corrected chi connectivity index (χ4v) is 4.63. The van der Waals surface area contributed by atoms with Gasteiger partial charge in [0.05, 0.1) is 11.9 Å². The standard InChI is InChI=1S/C22H29N3O5S/c1-17(22(26)23-12-7-13-24(2)18-8-5-4-6-9-18)25(31(3,27)28)19-10-11-20-21(16-19)30-15-14-29-20/h4-6,8-11,16-17H,7,12-15H2,1-3H3,(H,23,26)/t17-/m1/s1. The molecule has 1 N–H and O–H groups in total. The molecule has 0 saturated carbocycles. The number of benzene rings is 2. The lowest BCUT2D eigenvalue weighted by Gasteiger charge is -2.29. The van der Waals surface area contributed by atoms with Gasteiger partial charge in [-0.25, -0.2) is 8.42 Å². The Bertz CT molecular complexity index is 997. The van der Waals surface area contributed by atoms with E-state index in [1.54, 1.807) is 25.1 Å². The Morgan fingerprint density at radius 2 is 1.74 bits per heavy atom. The highest BCUT2D eigenvalue weighted by Crippen LogP contribution is 2.35. The molecule has 0 radical (unpaired) electrons. The predicted molar refractivity (Wildman–Crippen MR) is 122 cm³/mol. The summed E-state index contributed by atoms with van der Waals surface area (Å²) in [6.07, 6.45) is 1.81. The van der Waals surface area contributed by atoms with Crippen LogP contribution in [0.2, 0.25) is 0 Å².